The highest BCUT2D eigenvalue weighted by Crippen LogP contribution is 2.29. The van der Waals surface area contributed by atoms with Gasteiger partial charge in [0.25, 0.3) is 5.91 Å². The first-order chi connectivity index (χ1) is 14.3. The molecule has 4 aromatic rings. The number of carbonyl (C=O) groups is 1. The van der Waals surface area contributed by atoms with E-state index in [1.807, 2.05) is 48.5 Å². The summed E-state index contributed by atoms with van der Waals surface area (Å²) >= 11 is 1.30. The maximum absolute atomic E-state index is 13.1. The summed E-state index contributed by atoms with van der Waals surface area (Å²) in [5.74, 6) is 0.502. The van der Waals surface area contributed by atoms with Crippen molar-refractivity contribution < 1.29 is 4.79 Å². The van der Waals surface area contributed by atoms with Crippen molar-refractivity contribution in [2.45, 2.75) is 12.8 Å². The van der Waals surface area contributed by atoms with Crippen LogP contribution in [0.1, 0.15) is 23.2 Å². The standard InChI is InChI=1S/C21H18N6OS/c28-19(24-21-26-25-20(29-21)17-9-3-4-10-22-17)15-13-14-7-1-2-8-16(14)23-18(15)27-11-5-6-12-27/h1-4,7-10,13H,5-6,11-12H2,(H,24,26,28). The highest BCUT2D eigenvalue weighted by Gasteiger charge is 2.23. The molecule has 0 bridgehead atoms. The smallest absolute Gasteiger partial charge is 0.261 e. The summed E-state index contributed by atoms with van der Waals surface area (Å²) in [5.41, 5.74) is 2.18. The fourth-order valence-corrected chi connectivity index (χ4v) is 4.19. The predicted octanol–water partition coefficient (Wildman–Crippen LogP) is 4.00. The van der Waals surface area contributed by atoms with Crippen LogP contribution in [0.15, 0.2) is 54.7 Å². The molecule has 0 unspecified atom stereocenters. The molecule has 1 aliphatic heterocycles. The van der Waals surface area contributed by atoms with Crippen LogP contribution in [0.25, 0.3) is 21.6 Å². The van der Waals surface area contributed by atoms with Gasteiger partial charge in [0.05, 0.1) is 11.1 Å². The van der Waals surface area contributed by atoms with Crippen LogP contribution in [0.2, 0.25) is 0 Å². The molecule has 0 atom stereocenters. The van der Waals surface area contributed by atoms with Crippen LogP contribution in [-0.4, -0.2) is 39.2 Å². The second kappa shape index (κ2) is 7.56. The molecule has 1 fully saturated rings. The Bertz CT molecular complexity index is 1170. The van der Waals surface area contributed by atoms with E-state index in [4.69, 9.17) is 4.98 Å². The fraction of sp³-hybridized carbons (Fsp3) is 0.190. The van der Waals surface area contributed by atoms with Gasteiger partial charge in [0.1, 0.15) is 11.5 Å². The number of amides is 1. The second-order valence-corrected chi connectivity index (χ2v) is 7.81. The first-order valence-electron chi connectivity index (χ1n) is 9.49. The van der Waals surface area contributed by atoms with Gasteiger partial charge < -0.3 is 4.90 Å². The first-order valence-corrected chi connectivity index (χ1v) is 10.3. The number of hydrogen-bond acceptors (Lipinski definition) is 7. The van der Waals surface area contributed by atoms with E-state index in [1.54, 1.807) is 6.20 Å². The van der Waals surface area contributed by atoms with Crippen LogP contribution in [0.5, 0.6) is 0 Å². The van der Waals surface area contributed by atoms with E-state index in [1.165, 1.54) is 11.3 Å². The summed E-state index contributed by atoms with van der Waals surface area (Å²) in [6.45, 7) is 1.82. The number of benzene rings is 1. The molecule has 0 radical (unpaired) electrons. The zero-order chi connectivity index (χ0) is 19.6. The fourth-order valence-electron chi connectivity index (χ4n) is 3.47. The van der Waals surface area contributed by atoms with Gasteiger partial charge in [-0.1, -0.05) is 35.6 Å². The van der Waals surface area contributed by atoms with Crippen molar-refractivity contribution in [3.05, 3.63) is 60.3 Å². The van der Waals surface area contributed by atoms with Gasteiger partial charge in [0.2, 0.25) is 5.13 Å². The molecule has 4 heterocycles. The summed E-state index contributed by atoms with van der Waals surface area (Å²) in [4.78, 5) is 24.4. The molecule has 3 aromatic heterocycles. The van der Waals surface area contributed by atoms with E-state index in [0.29, 0.717) is 15.7 Å². The van der Waals surface area contributed by atoms with Gasteiger partial charge >= 0.3 is 0 Å². The molecule has 144 valence electrons. The summed E-state index contributed by atoms with van der Waals surface area (Å²) in [6, 6.07) is 15.4. The van der Waals surface area contributed by atoms with Crippen molar-refractivity contribution in [1.82, 2.24) is 20.2 Å². The van der Waals surface area contributed by atoms with Crippen LogP contribution in [0.4, 0.5) is 10.9 Å². The molecule has 1 amide bonds. The Labute approximate surface area is 171 Å². The van der Waals surface area contributed by atoms with Gasteiger partial charge in [-0.15, -0.1) is 10.2 Å². The van der Waals surface area contributed by atoms with Crippen LogP contribution in [-0.2, 0) is 0 Å². The van der Waals surface area contributed by atoms with Crippen LogP contribution in [0.3, 0.4) is 0 Å². The molecule has 29 heavy (non-hydrogen) atoms. The van der Waals surface area contributed by atoms with E-state index in [0.717, 1.165) is 48.3 Å². The molecule has 0 saturated carbocycles. The lowest BCUT2D eigenvalue weighted by Gasteiger charge is -2.20. The number of aromatic nitrogens is 4. The topological polar surface area (TPSA) is 83.9 Å². The third kappa shape index (κ3) is 3.54. The molecule has 0 aliphatic carbocycles. The summed E-state index contributed by atoms with van der Waals surface area (Å²) in [6.07, 6.45) is 3.93. The van der Waals surface area contributed by atoms with Gasteiger partial charge in [-0.2, -0.15) is 0 Å². The molecule has 1 aromatic carbocycles. The number of hydrogen-bond donors (Lipinski definition) is 1. The van der Waals surface area contributed by atoms with Crippen LogP contribution < -0.4 is 10.2 Å². The Morgan fingerprint density at radius 3 is 2.69 bits per heavy atom. The van der Waals surface area contributed by atoms with Gasteiger partial charge in [-0.05, 0) is 37.1 Å². The Balaban J connectivity index is 1.47. The summed E-state index contributed by atoms with van der Waals surface area (Å²) < 4.78 is 0. The highest BCUT2D eigenvalue weighted by molar-refractivity contribution is 7.18. The average Bonchev–Trinajstić information content (AvgIpc) is 3.46. The van der Waals surface area contributed by atoms with Crippen molar-refractivity contribution >= 4 is 39.1 Å². The van der Waals surface area contributed by atoms with Crippen molar-refractivity contribution in [2.75, 3.05) is 23.3 Å². The number of rotatable bonds is 4. The number of nitrogens with zero attached hydrogens (tertiary/aromatic N) is 5. The van der Waals surface area contributed by atoms with Gasteiger partial charge in [0.15, 0.2) is 5.01 Å². The first kappa shape index (κ1) is 17.7. The summed E-state index contributed by atoms with van der Waals surface area (Å²) in [7, 11) is 0. The number of para-hydroxylation sites is 1. The monoisotopic (exact) mass is 402 g/mol. The number of fused-ring (bicyclic) bond motifs is 1. The zero-order valence-corrected chi connectivity index (χ0v) is 16.4. The normalized spacial score (nSPS) is 13.7. The van der Waals surface area contributed by atoms with Gasteiger partial charge in [0, 0.05) is 24.7 Å². The van der Waals surface area contributed by atoms with Gasteiger partial charge in [-0.3, -0.25) is 15.1 Å². The van der Waals surface area contributed by atoms with E-state index in [2.05, 4.69) is 25.4 Å². The van der Waals surface area contributed by atoms with Crippen LogP contribution in [0, 0.1) is 0 Å². The molecule has 8 heteroatoms. The Morgan fingerprint density at radius 1 is 1.03 bits per heavy atom. The SMILES string of the molecule is O=C(Nc1nnc(-c2ccccn2)s1)c1cc2ccccc2nc1N1CCCC1. The Morgan fingerprint density at radius 2 is 1.86 bits per heavy atom. The minimum atomic E-state index is -0.228. The van der Waals surface area contributed by atoms with E-state index < -0.39 is 0 Å². The minimum absolute atomic E-state index is 0.228. The quantitative estimate of drug-likeness (QED) is 0.555. The molecule has 5 rings (SSSR count). The third-order valence-corrected chi connectivity index (χ3v) is 5.74. The molecular formula is C21H18N6OS. The lowest BCUT2D eigenvalue weighted by molar-refractivity contribution is 0.102. The zero-order valence-electron chi connectivity index (χ0n) is 15.6. The lowest BCUT2D eigenvalue weighted by Crippen LogP contribution is -2.24. The van der Waals surface area contributed by atoms with Crippen molar-refractivity contribution in [3.63, 3.8) is 0 Å². The molecule has 0 spiro atoms. The van der Waals surface area contributed by atoms with Crippen molar-refractivity contribution in [3.8, 4) is 10.7 Å². The lowest BCUT2D eigenvalue weighted by atomic mass is 10.1. The van der Waals surface area contributed by atoms with Crippen LogP contribution >= 0.6 is 11.3 Å². The maximum Gasteiger partial charge on any atom is 0.261 e. The Kier molecular flexibility index (Phi) is 4.61. The number of anilines is 2. The van der Waals surface area contributed by atoms with E-state index >= 15 is 0 Å². The van der Waals surface area contributed by atoms with E-state index in [9.17, 15) is 4.79 Å². The molecule has 1 aliphatic rings. The molecule has 1 saturated heterocycles. The second-order valence-electron chi connectivity index (χ2n) is 6.83. The number of nitrogens with one attached hydrogen (secondary N) is 1. The average molecular weight is 402 g/mol. The molecular weight excluding hydrogens is 384 g/mol. The van der Waals surface area contributed by atoms with Crippen molar-refractivity contribution in [2.24, 2.45) is 0 Å². The number of carbonyl (C=O) groups excluding carboxylic acids is 1. The third-order valence-electron chi connectivity index (χ3n) is 4.88. The summed E-state index contributed by atoms with van der Waals surface area (Å²) in [5, 5.41) is 13.2. The maximum atomic E-state index is 13.1. The largest absolute Gasteiger partial charge is 0.356 e. The molecule has 1 N–H and O–H groups in total. The van der Waals surface area contributed by atoms with E-state index in [-0.39, 0.29) is 5.91 Å². The predicted molar refractivity (Wildman–Crippen MR) is 114 cm³/mol. The van der Waals surface area contributed by atoms with Gasteiger partial charge in [-0.25, -0.2) is 4.98 Å². The van der Waals surface area contributed by atoms with Crippen molar-refractivity contribution in [1.29, 1.82) is 0 Å². The Hall–Kier alpha value is -3.39. The highest BCUT2D eigenvalue weighted by atomic mass is 32.1. The number of pyridine rings is 2. The minimum Gasteiger partial charge on any atom is -0.356 e. The molecule has 7 nitrogen and oxygen atoms in total.